The number of carboxylic acid groups (broad SMARTS) is 1. The fraction of sp³-hybridized carbons (Fsp3) is 0.364. The summed E-state index contributed by atoms with van der Waals surface area (Å²) in [7, 11) is 1.00. The molecule has 0 fully saturated rings. The maximum Gasteiger partial charge on any atom is 0.321 e. The molecule has 0 aromatic heterocycles. The zero-order valence-electron chi connectivity index (χ0n) is 8.60. The van der Waals surface area contributed by atoms with Crippen molar-refractivity contribution in [2.75, 3.05) is 7.11 Å². The summed E-state index contributed by atoms with van der Waals surface area (Å²) >= 11 is 0. The summed E-state index contributed by atoms with van der Waals surface area (Å²) in [5.74, 6) is -0.769. The summed E-state index contributed by atoms with van der Waals surface area (Å²) in [4.78, 5) is 10.7. The van der Waals surface area contributed by atoms with Gasteiger partial charge in [-0.2, -0.15) is 0 Å². The van der Waals surface area contributed by atoms with Gasteiger partial charge in [0.2, 0.25) is 0 Å². The van der Waals surface area contributed by atoms with E-state index in [1.54, 1.807) is 0 Å². The number of rotatable bonds is 1. The molecule has 4 heteroatoms. The standard InChI is InChI=1S/C10H11NO2.CH4O/c12-10(13)9-5-7-3-1-2-4-8(7)6-11-9;1-2/h1-4,9,11H,5-6H2,(H,12,13);2H,1H3/t9-;/m0./s1. The zero-order valence-corrected chi connectivity index (χ0v) is 8.60. The number of carbonyl (C=O) groups is 1. The van der Waals surface area contributed by atoms with E-state index in [1.165, 1.54) is 5.56 Å². The fourth-order valence-corrected chi connectivity index (χ4v) is 1.63. The van der Waals surface area contributed by atoms with Crippen LogP contribution >= 0.6 is 0 Å². The maximum atomic E-state index is 10.7. The minimum atomic E-state index is -0.769. The molecule has 0 radical (unpaired) electrons. The van der Waals surface area contributed by atoms with Crippen molar-refractivity contribution < 1.29 is 15.0 Å². The van der Waals surface area contributed by atoms with Crippen LogP contribution in [-0.2, 0) is 17.8 Å². The first-order valence-corrected chi connectivity index (χ1v) is 4.75. The second-order valence-corrected chi connectivity index (χ2v) is 3.24. The van der Waals surface area contributed by atoms with Crippen LogP contribution < -0.4 is 5.32 Å². The Morgan fingerprint density at radius 1 is 1.33 bits per heavy atom. The van der Waals surface area contributed by atoms with Gasteiger partial charge in [0, 0.05) is 13.7 Å². The van der Waals surface area contributed by atoms with Gasteiger partial charge >= 0.3 is 5.97 Å². The number of fused-ring (bicyclic) bond motifs is 1. The lowest BCUT2D eigenvalue weighted by molar-refractivity contribution is -0.139. The monoisotopic (exact) mass is 209 g/mol. The van der Waals surface area contributed by atoms with Gasteiger partial charge in [0.05, 0.1) is 0 Å². The van der Waals surface area contributed by atoms with E-state index in [2.05, 4.69) is 5.32 Å². The Morgan fingerprint density at radius 3 is 2.53 bits per heavy atom. The van der Waals surface area contributed by atoms with E-state index in [0.29, 0.717) is 13.0 Å². The maximum absolute atomic E-state index is 10.7. The number of carboxylic acids is 1. The molecule has 0 amide bonds. The first-order valence-electron chi connectivity index (χ1n) is 4.75. The van der Waals surface area contributed by atoms with Crippen LogP contribution in [-0.4, -0.2) is 29.3 Å². The van der Waals surface area contributed by atoms with Crippen LogP contribution in [0, 0.1) is 0 Å². The number of benzene rings is 1. The van der Waals surface area contributed by atoms with E-state index < -0.39 is 12.0 Å². The van der Waals surface area contributed by atoms with Crippen molar-refractivity contribution in [3.05, 3.63) is 35.4 Å². The smallest absolute Gasteiger partial charge is 0.321 e. The molecule has 1 aliphatic heterocycles. The van der Waals surface area contributed by atoms with Crippen molar-refractivity contribution >= 4 is 5.97 Å². The zero-order chi connectivity index (χ0) is 11.3. The van der Waals surface area contributed by atoms with E-state index in [0.717, 1.165) is 12.7 Å². The Kier molecular flexibility index (Phi) is 4.27. The molecular formula is C11H15NO3. The number of aliphatic hydroxyl groups excluding tert-OH is 1. The van der Waals surface area contributed by atoms with Crippen molar-refractivity contribution in [1.82, 2.24) is 5.32 Å². The van der Waals surface area contributed by atoms with Crippen LogP contribution in [0.3, 0.4) is 0 Å². The highest BCUT2D eigenvalue weighted by molar-refractivity contribution is 5.74. The topological polar surface area (TPSA) is 69.6 Å². The molecule has 1 aromatic carbocycles. The molecule has 82 valence electrons. The first kappa shape index (κ1) is 11.7. The molecule has 15 heavy (non-hydrogen) atoms. The average Bonchev–Trinajstić information content (AvgIpc) is 2.31. The molecule has 0 saturated carbocycles. The third-order valence-electron chi connectivity index (χ3n) is 2.38. The van der Waals surface area contributed by atoms with Gasteiger partial charge in [-0.1, -0.05) is 24.3 Å². The van der Waals surface area contributed by atoms with E-state index in [4.69, 9.17) is 10.2 Å². The van der Waals surface area contributed by atoms with Crippen LogP contribution in [0.15, 0.2) is 24.3 Å². The molecule has 0 aliphatic carbocycles. The van der Waals surface area contributed by atoms with E-state index in [9.17, 15) is 4.79 Å². The summed E-state index contributed by atoms with van der Waals surface area (Å²) in [6, 6.07) is 7.52. The van der Waals surface area contributed by atoms with Gasteiger partial charge in [-0.15, -0.1) is 0 Å². The largest absolute Gasteiger partial charge is 0.480 e. The third-order valence-corrected chi connectivity index (χ3v) is 2.38. The van der Waals surface area contributed by atoms with Crippen LogP contribution in [0.5, 0.6) is 0 Å². The third kappa shape index (κ3) is 2.78. The molecule has 0 unspecified atom stereocenters. The van der Waals surface area contributed by atoms with Gasteiger partial charge in [0.1, 0.15) is 6.04 Å². The molecule has 1 atom stereocenters. The molecule has 1 aliphatic rings. The molecular weight excluding hydrogens is 194 g/mol. The first-order chi connectivity index (χ1) is 7.27. The molecule has 4 nitrogen and oxygen atoms in total. The lowest BCUT2D eigenvalue weighted by Gasteiger charge is -2.22. The molecule has 0 bridgehead atoms. The number of aliphatic carboxylic acids is 1. The summed E-state index contributed by atoms with van der Waals surface area (Å²) in [5.41, 5.74) is 2.36. The Labute approximate surface area is 88.6 Å². The summed E-state index contributed by atoms with van der Waals surface area (Å²) < 4.78 is 0. The van der Waals surface area contributed by atoms with Gasteiger partial charge in [0.15, 0.2) is 0 Å². The summed E-state index contributed by atoms with van der Waals surface area (Å²) in [5, 5.41) is 18.8. The number of nitrogens with one attached hydrogen (secondary N) is 1. The highest BCUT2D eigenvalue weighted by Crippen LogP contribution is 2.15. The minimum absolute atomic E-state index is 0.421. The summed E-state index contributed by atoms with van der Waals surface area (Å²) in [6.07, 6.45) is 0.589. The number of hydrogen-bond donors (Lipinski definition) is 3. The van der Waals surface area contributed by atoms with E-state index in [-0.39, 0.29) is 0 Å². The quantitative estimate of drug-likeness (QED) is 0.626. The number of hydrogen-bond acceptors (Lipinski definition) is 3. The molecule has 1 heterocycles. The predicted molar refractivity (Wildman–Crippen MR) is 56.6 cm³/mol. The van der Waals surface area contributed by atoms with Gasteiger partial charge in [-0.25, -0.2) is 0 Å². The van der Waals surface area contributed by atoms with E-state index in [1.807, 2.05) is 24.3 Å². The second kappa shape index (κ2) is 5.48. The lowest BCUT2D eigenvalue weighted by atomic mass is 9.96. The van der Waals surface area contributed by atoms with Crippen LogP contribution in [0.1, 0.15) is 11.1 Å². The number of aliphatic hydroxyl groups is 1. The highest BCUT2D eigenvalue weighted by atomic mass is 16.4. The molecule has 0 spiro atoms. The van der Waals surface area contributed by atoms with Crippen LogP contribution in [0.4, 0.5) is 0 Å². The molecule has 1 aromatic rings. The van der Waals surface area contributed by atoms with Crippen molar-refractivity contribution in [1.29, 1.82) is 0 Å². The summed E-state index contributed by atoms with van der Waals surface area (Å²) in [6.45, 7) is 0.660. The lowest BCUT2D eigenvalue weighted by Crippen LogP contribution is -2.41. The normalized spacial score (nSPS) is 18.4. The van der Waals surface area contributed by atoms with Gasteiger partial charge in [0.25, 0.3) is 0 Å². The Balaban J connectivity index is 0.000000531. The SMILES string of the molecule is CO.O=C(O)[C@@H]1Cc2ccccc2CN1. The molecule has 2 rings (SSSR count). The minimum Gasteiger partial charge on any atom is -0.480 e. The van der Waals surface area contributed by atoms with Crippen LogP contribution in [0.25, 0.3) is 0 Å². The Bertz CT molecular complexity index is 338. The molecule has 0 saturated heterocycles. The second-order valence-electron chi connectivity index (χ2n) is 3.24. The highest BCUT2D eigenvalue weighted by Gasteiger charge is 2.22. The average molecular weight is 209 g/mol. The van der Waals surface area contributed by atoms with Crippen molar-refractivity contribution in [3.63, 3.8) is 0 Å². The van der Waals surface area contributed by atoms with Crippen molar-refractivity contribution in [2.45, 2.75) is 19.0 Å². The Morgan fingerprint density at radius 2 is 1.93 bits per heavy atom. The van der Waals surface area contributed by atoms with E-state index >= 15 is 0 Å². The Hall–Kier alpha value is -1.39. The van der Waals surface area contributed by atoms with Gasteiger partial charge < -0.3 is 15.5 Å². The van der Waals surface area contributed by atoms with Gasteiger partial charge in [-0.05, 0) is 17.5 Å². The molecule has 3 N–H and O–H groups in total. The fourth-order valence-electron chi connectivity index (χ4n) is 1.63. The van der Waals surface area contributed by atoms with Gasteiger partial charge in [-0.3, -0.25) is 4.79 Å². The van der Waals surface area contributed by atoms with Crippen molar-refractivity contribution in [2.24, 2.45) is 0 Å². The van der Waals surface area contributed by atoms with Crippen LogP contribution in [0.2, 0.25) is 0 Å². The predicted octanol–water partition coefficient (Wildman–Crippen LogP) is 0.394. The van der Waals surface area contributed by atoms with Crippen molar-refractivity contribution in [3.8, 4) is 0 Å².